The summed E-state index contributed by atoms with van der Waals surface area (Å²) in [7, 11) is 1.72. The van der Waals surface area contributed by atoms with E-state index in [0.717, 1.165) is 23.2 Å². The number of amides is 2. The van der Waals surface area contributed by atoms with Crippen molar-refractivity contribution in [1.82, 2.24) is 15.5 Å². The molecule has 2 aromatic carbocycles. The molecule has 1 aliphatic heterocycles. The van der Waals surface area contributed by atoms with Crippen molar-refractivity contribution in [3.05, 3.63) is 63.6 Å². The Kier molecular flexibility index (Phi) is 10.5. The Balaban J connectivity index is 1.76. The van der Waals surface area contributed by atoms with E-state index in [0.29, 0.717) is 42.1 Å². The first-order valence-corrected chi connectivity index (χ1v) is 14.0. The van der Waals surface area contributed by atoms with Gasteiger partial charge in [0.2, 0.25) is 11.8 Å². The average Bonchev–Trinajstić information content (AvgIpc) is 2.88. The topological polar surface area (TPSA) is 90.7 Å². The molecule has 3 rings (SSSR count). The molecule has 4 N–H and O–H groups in total. The van der Waals surface area contributed by atoms with Gasteiger partial charge < -0.3 is 26.2 Å². The van der Waals surface area contributed by atoms with Crippen LogP contribution in [0.3, 0.4) is 0 Å². The van der Waals surface area contributed by atoms with Crippen molar-refractivity contribution in [2.75, 3.05) is 38.1 Å². The van der Waals surface area contributed by atoms with E-state index in [9.17, 15) is 9.59 Å². The number of nitrogens with two attached hydrogens (primary N) is 1. The maximum Gasteiger partial charge on any atom is 0.245 e. The van der Waals surface area contributed by atoms with Crippen LogP contribution < -0.4 is 21.3 Å². The van der Waals surface area contributed by atoms with Gasteiger partial charge in [0.05, 0.1) is 5.54 Å². The highest BCUT2D eigenvalue weighted by atomic mass is 35.5. The standard InChI is InChI=1S/C29H41Cl2N5O2/c1-19(2)16-24(32)22-8-6-7-9-26(22)35-12-14-36(15-13-35)27(37)25(34-28(38)29(3,4)33-5)17-20-10-11-21(30)18-23(20)31/h6-11,18-19,24-25,33H,12-17,32H2,1-5H3,(H,34,38)/t24?,25-/m1/s1. The minimum atomic E-state index is -0.834. The minimum Gasteiger partial charge on any atom is -0.368 e. The van der Waals surface area contributed by atoms with Crippen molar-refractivity contribution >= 4 is 40.7 Å². The molecular weight excluding hydrogens is 521 g/mol. The quantitative estimate of drug-likeness (QED) is 0.399. The predicted octanol–water partition coefficient (Wildman–Crippen LogP) is 4.41. The highest BCUT2D eigenvalue weighted by molar-refractivity contribution is 6.35. The van der Waals surface area contributed by atoms with E-state index in [2.05, 4.69) is 41.5 Å². The molecule has 0 saturated carbocycles. The predicted molar refractivity (Wildman–Crippen MR) is 157 cm³/mol. The normalized spacial score (nSPS) is 15.9. The van der Waals surface area contributed by atoms with Gasteiger partial charge in [-0.1, -0.05) is 61.3 Å². The number of anilines is 1. The molecule has 1 fully saturated rings. The summed E-state index contributed by atoms with van der Waals surface area (Å²) in [5.41, 5.74) is 8.73. The number of hydrogen-bond donors (Lipinski definition) is 3. The van der Waals surface area contributed by atoms with E-state index in [1.165, 1.54) is 0 Å². The van der Waals surface area contributed by atoms with Crippen molar-refractivity contribution in [1.29, 1.82) is 0 Å². The molecule has 2 amide bonds. The molecule has 1 heterocycles. The number of rotatable bonds is 10. The maximum absolute atomic E-state index is 13.8. The zero-order valence-corrected chi connectivity index (χ0v) is 24.6. The van der Waals surface area contributed by atoms with Gasteiger partial charge in [-0.2, -0.15) is 0 Å². The lowest BCUT2D eigenvalue weighted by Gasteiger charge is -2.39. The Hall–Kier alpha value is -2.32. The molecule has 208 valence electrons. The molecule has 2 atom stereocenters. The lowest BCUT2D eigenvalue weighted by molar-refractivity contribution is -0.138. The Morgan fingerprint density at radius 1 is 1.05 bits per heavy atom. The number of nitrogens with zero attached hydrogens (tertiary/aromatic N) is 2. The van der Waals surface area contributed by atoms with Crippen LogP contribution >= 0.6 is 23.2 Å². The molecule has 1 saturated heterocycles. The second-order valence-corrected chi connectivity index (χ2v) is 11.8. The Morgan fingerprint density at radius 3 is 2.32 bits per heavy atom. The Labute approximate surface area is 237 Å². The van der Waals surface area contributed by atoms with Gasteiger partial charge >= 0.3 is 0 Å². The van der Waals surface area contributed by atoms with Crippen LogP contribution in [0.15, 0.2) is 42.5 Å². The second kappa shape index (κ2) is 13.2. The highest BCUT2D eigenvalue weighted by Gasteiger charge is 2.34. The molecule has 7 nitrogen and oxygen atoms in total. The number of carbonyl (C=O) groups is 2. The summed E-state index contributed by atoms with van der Waals surface area (Å²) < 4.78 is 0. The highest BCUT2D eigenvalue weighted by Crippen LogP contribution is 2.30. The molecule has 1 unspecified atom stereocenters. The van der Waals surface area contributed by atoms with Crippen LogP contribution in [-0.4, -0.2) is 61.5 Å². The number of piperazine rings is 1. The van der Waals surface area contributed by atoms with Crippen LogP contribution in [0.4, 0.5) is 5.69 Å². The first-order valence-electron chi connectivity index (χ1n) is 13.2. The third kappa shape index (κ3) is 7.63. The van der Waals surface area contributed by atoms with Crippen molar-refractivity contribution in [2.45, 2.75) is 58.2 Å². The van der Waals surface area contributed by atoms with E-state index in [4.69, 9.17) is 28.9 Å². The summed E-state index contributed by atoms with van der Waals surface area (Å²) >= 11 is 12.5. The number of benzene rings is 2. The zero-order chi connectivity index (χ0) is 28.0. The molecule has 0 radical (unpaired) electrons. The van der Waals surface area contributed by atoms with Gasteiger partial charge in [-0.25, -0.2) is 0 Å². The number of likely N-dealkylation sites (N-methyl/N-ethyl adjacent to an activating group) is 1. The maximum atomic E-state index is 13.8. The third-order valence-corrected chi connectivity index (χ3v) is 7.82. The van der Waals surface area contributed by atoms with Crippen LogP contribution in [0.5, 0.6) is 0 Å². The summed E-state index contributed by atoms with van der Waals surface area (Å²) in [6, 6.07) is 12.7. The number of halogens is 2. The number of para-hydroxylation sites is 1. The van der Waals surface area contributed by atoms with Crippen LogP contribution in [0.25, 0.3) is 0 Å². The molecule has 38 heavy (non-hydrogen) atoms. The zero-order valence-electron chi connectivity index (χ0n) is 23.1. The SMILES string of the molecule is CNC(C)(C)C(=O)N[C@H](Cc1ccc(Cl)cc1Cl)C(=O)N1CCN(c2ccccc2C(N)CC(C)C)CC1. The molecule has 9 heteroatoms. The van der Waals surface area contributed by atoms with E-state index in [1.807, 2.05) is 17.0 Å². The summed E-state index contributed by atoms with van der Waals surface area (Å²) in [5.74, 6) is 0.123. The average molecular weight is 563 g/mol. The minimum absolute atomic E-state index is 0.0369. The summed E-state index contributed by atoms with van der Waals surface area (Å²) in [6.07, 6.45) is 1.18. The lowest BCUT2D eigenvalue weighted by atomic mass is 9.96. The summed E-state index contributed by atoms with van der Waals surface area (Å²) in [4.78, 5) is 30.9. The molecular formula is C29H41Cl2N5O2. The van der Waals surface area contributed by atoms with Crippen LogP contribution in [0.1, 0.15) is 51.3 Å². The molecule has 0 spiro atoms. The van der Waals surface area contributed by atoms with E-state index in [-0.39, 0.29) is 24.3 Å². The molecule has 0 bridgehead atoms. The fraction of sp³-hybridized carbons (Fsp3) is 0.517. The molecule has 0 aliphatic carbocycles. The summed E-state index contributed by atoms with van der Waals surface area (Å²) in [6.45, 7) is 10.4. The number of hydrogen-bond acceptors (Lipinski definition) is 5. The van der Waals surface area contributed by atoms with Crippen molar-refractivity contribution in [3.8, 4) is 0 Å². The lowest BCUT2D eigenvalue weighted by Crippen LogP contribution is -2.60. The first-order chi connectivity index (χ1) is 17.9. The Bertz CT molecular complexity index is 1120. The fourth-order valence-electron chi connectivity index (χ4n) is 4.67. The molecule has 2 aromatic rings. The number of nitrogens with one attached hydrogen (secondary N) is 2. The molecule has 1 aliphatic rings. The monoisotopic (exact) mass is 561 g/mol. The molecule has 0 aromatic heterocycles. The smallest absolute Gasteiger partial charge is 0.245 e. The van der Waals surface area contributed by atoms with Gasteiger partial charge in [-0.3, -0.25) is 9.59 Å². The van der Waals surface area contributed by atoms with Crippen molar-refractivity contribution < 1.29 is 9.59 Å². The second-order valence-electron chi connectivity index (χ2n) is 10.9. The van der Waals surface area contributed by atoms with Gasteiger partial charge in [-0.05, 0) is 62.6 Å². The van der Waals surface area contributed by atoms with Gasteiger partial charge in [0.15, 0.2) is 0 Å². The van der Waals surface area contributed by atoms with Gasteiger partial charge in [0.25, 0.3) is 0 Å². The van der Waals surface area contributed by atoms with Crippen molar-refractivity contribution in [2.24, 2.45) is 11.7 Å². The number of carbonyl (C=O) groups excluding carboxylic acids is 2. The van der Waals surface area contributed by atoms with Crippen molar-refractivity contribution in [3.63, 3.8) is 0 Å². The van der Waals surface area contributed by atoms with Gasteiger partial charge in [-0.15, -0.1) is 0 Å². The van der Waals surface area contributed by atoms with E-state index >= 15 is 0 Å². The van der Waals surface area contributed by atoms with Gasteiger partial charge in [0, 0.05) is 54.4 Å². The third-order valence-electron chi connectivity index (χ3n) is 7.23. The fourth-order valence-corrected chi connectivity index (χ4v) is 5.16. The van der Waals surface area contributed by atoms with Crippen LogP contribution in [-0.2, 0) is 16.0 Å². The van der Waals surface area contributed by atoms with E-state index < -0.39 is 11.6 Å². The summed E-state index contributed by atoms with van der Waals surface area (Å²) in [5, 5.41) is 6.96. The first kappa shape index (κ1) is 30.2. The van der Waals surface area contributed by atoms with E-state index in [1.54, 1.807) is 39.1 Å². The van der Waals surface area contributed by atoms with Gasteiger partial charge in [0.1, 0.15) is 6.04 Å². The van der Waals surface area contributed by atoms with Crippen LogP contribution in [0.2, 0.25) is 10.0 Å². The van der Waals surface area contributed by atoms with Crippen LogP contribution in [0, 0.1) is 5.92 Å². The largest absolute Gasteiger partial charge is 0.368 e. The Morgan fingerprint density at radius 2 is 1.71 bits per heavy atom.